The van der Waals surface area contributed by atoms with Gasteiger partial charge in [0.2, 0.25) is 0 Å². The maximum atomic E-state index is 5.84. The van der Waals surface area contributed by atoms with Crippen molar-refractivity contribution >= 4 is 0 Å². The fraction of sp³-hybridized carbons (Fsp3) is 0.727. The van der Waals surface area contributed by atoms with E-state index in [-0.39, 0.29) is 6.04 Å². The van der Waals surface area contributed by atoms with Crippen LogP contribution in [0.4, 0.5) is 0 Å². The summed E-state index contributed by atoms with van der Waals surface area (Å²) in [5.41, 5.74) is 7.00. The normalized spacial score (nSPS) is 18.4. The van der Waals surface area contributed by atoms with E-state index in [2.05, 4.69) is 9.55 Å². The van der Waals surface area contributed by atoms with Gasteiger partial charge in [-0.05, 0) is 25.7 Å². The van der Waals surface area contributed by atoms with Gasteiger partial charge >= 0.3 is 0 Å². The van der Waals surface area contributed by atoms with Gasteiger partial charge in [-0.1, -0.05) is 12.8 Å². The van der Waals surface area contributed by atoms with Crippen LogP contribution in [-0.4, -0.2) is 9.55 Å². The lowest BCUT2D eigenvalue weighted by atomic mass is 10.2. The van der Waals surface area contributed by atoms with Crippen LogP contribution in [0.3, 0.4) is 0 Å². The highest BCUT2D eigenvalue weighted by atomic mass is 15.1. The number of nitrogens with zero attached hydrogens (tertiary/aromatic N) is 2. The largest absolute Gasteiger partial charge is 0.333 e. The third-order valence-electron chi connectivity index (χ3n) is 2.92. The summed E-state index contributed by atoms with van der Waals surface area (Å²) in [6.45, 7) is 3.09. The van der Waals surface area contributed by atoms with E-state index in [9.17, 15) is 0 Å². The summed E-state index contributed by atoms with van der Waals surface area (Å²) in [4.78, 5) is 4.14. The van der Waals surface area contributed by atoms with E-state index in [4.69, 9.17) is 5.73 Å². The zero-order valence-corrected chi connectivity index (χ0v) is 8.82. The first-order valence-corrected chi connectivity index (χ1v) is 5.53. The predicted molar refractivity (Wildman–Crippen MR) is 56.8 cm³/mol. The standard InChI is InChI=1S/C11H19N3/c1-9(12)11-7-13-8-14(11)6-2-3-10-4-5-10/h7-10H,2-6,12H2,1H3/t9-/m1/s1. The SMILES string of the molecule is C[C@@H](N)c1cncn1CCCC1CC1. The number of nitrogens with two attached hydrogens (primary N) is 1. The van der Waals surface area contributed by atoms with Crippen molar-refractivity contribution in [1.29, 1.82) is 0 Å². The van der Waals surface area contributed by atoms with Crippen LogP contribution in [0.15, 0.2) is 12.5 Å². The van der Waals surface area contributed by atoms with Gasteiger partial charge in [0, 0.05) is 18.8 Å². The number of aryl methyl sites for hydroxylation is 1. The lowest BCUT2D eigenvalue weighted by Gasteiger charge is -2.10. The highest BCUT2D eigenvalue weighted by Crippen LogP contribution is 2.33. The Bertz CT molecular complexity index is 286. The molecule has 0 unspecified atom stereocenters. The first-order chi connectivity index (χ1) is 6.77. The molecule has 3 heteroatoms. The Morgan fingerprint density at radius 3 is 3.07 bits per heavy atom. The first kappa shape index (κ1) is 9.71. The maximum Gasteiger partial charge on any atom is 0.0948 e. The molecule has 1 atom stereocenters. The molecule has 2 rings (SSSR count). The summed E-state index contributed by atoms with van der Waals surface area (Å²) in [7, 11) is 0. The smallest absolute Gasteiger partial charge is 0.0948 e. The number of imidazole rings is 1. The summed E-state index contributed by atoms with van der Waals surface area (Å²) in [5, 5.41) is 0. The summed E-state index contributed by atoms with van der Waals surface area (Å²) in [6, 6.07) is 0.0958. The van der Waals surface area contributed by atoms with Crippen molar-refractivity contribution in [2.75, 3.05) is 0 Å². The molecule has 3 nitrogen and oxygen atoms in total. The average molecular weight is 193 g/mol. The molecule has 1 aliphatic rings. The van der Waals surface area contributed by atoms with Crippen LogP contribution < -0.4 is 5.73 Å². The summed E-state index contributed by atoms with van der Waals surface area (Å²) in [6.07, 6.45) is 9.30. The van der Waals surface area contributed by atoms with Crippen molar-refractivity contribution in [2.45, 2.75) is 45.2 Å². The lowest BCUT2D eigenvalue weighted by Crippen LogP contribution is -2.11. The number of rotatable bonds is 5. The van der Waals surface area contributed by atoms with Gasteiger partial charge in [0.1, 0.15) is 0 Å². The van der Waals surface area contributed by atoms with Crippen LogP contribution >= 0.6 is 0 Å². The van der Waals surface area contributed by atoms with Gasteiger partial charge in [-0.2, -0.15) is 0 Å². The zero-order chi connectivity index (χ0) is 9.97. The molecule has 1 aliphatic carbocycles. The molecule has 1 aromatic rings. The highest BCUT2D eigenvalue weighted by molar-refractivity contribution is 5.02. The van der Waals surface area contributed by atoms with Crippen molar-refractivity contribution in [3.8, 4) is 0 Å². The third kappa shape index (κ3) is 2.35. The Kier molecular flexibility index (Phi) is 2.87. The van der Waals surface area contributed by atoms with Crippen LogP contribution in [-0.2, 0) is 6.54 Å². The van der Waals surface area contributed by atoms with Gasteiger partial charge in [0.05, 0.1) is 12.0 Å². The Balaban J connectivity index is 1.84. The summed E-state index contributed by atoms with van der Waals surface area (Å²) >= 11 is 0. The average Bonchev–Trinajstić information content (AvgIpc) is 2.82. The van der Waals surface area contributed by atoms with Gasteiger partial charge in [-0.15, -0.1) is 0 Å². The van der Waals surface area contributed by atoms with Gasteiger partial charge in [0.15, 0.2) is 0 Å². The monoisotopic (exact) mass is 193 g/mol. The van der Waals surface area contributed by atoms with E-state index in [0.717, 1.165) is 18.2 Å². The van der Waals surface area contributed by atoms with Crippen LogP contribution in [0.2, 0.25) is 0 Å². The molecule has 0 bridgehead atoms. The quantitative estimate of drug-likeness (QED) is 0.778. The van der Waals surface area contributed by atoms with Crippen molar-refractivity contribution in [1.82, 2.24) is 9.55 Å². The molecule has 78 valence electrons. The van der Waals surface area contributed by atoms with Crippen LogP contribution in [0.1, 0.15) is 44.3 Å². The second-order valence-electron chi connectivity index (χ2n) is 4.39. The molecule has 0 aromatic carbocycles. The Hall–Kier alpha value is -0.830. The number of hydrogen-bond donors (Lipinski definition) is 1. The fourth-order valence-corrected chi connectivity index (χ4v) is 1.85. The molecular weight excluding hydrogens is 174 g/mol. The Morgan fingerprint density at radius 1 is 1.64 bits per heavy atom. The van der Waals surface area contributed by atoms with Gasteiger partial charge < -0.3 is 10.3 Å². The topological polar surface area (TPSA) is 43.8 Å². The molecule has 1 fully saturated rings. The summed E-state index contributed by atoms with van der Waals surface area (Å²) < 4.78 is 2.19. The van der Waals surface area contributed by atoms with E-state index in [1.165, 1.54) is 25.7 Å². The zero-order valence-electron chi connectivity index (χ0n) is 8.82. The van der Waals surface area contributed by atoms with Crippen LogP contribution in [0.5, 0.6) is 0 Å². The molecule has 2 N–H and O–H groups in total. The fourth-order valence-electron chi connectivity index (χ4n) is 1.85. The number of aromatic nitrogens is 2. The molecule has 1 heterocycles. The van der Waals surface area contributed by atoms with Crippen LogP contribution in [0, 0.1) is 5.92 Å². The van der Waals surface area contributed by atoms with Gasteiger partial charge in [-0.25, -0.2) is 4.98 Å². The molecule has 0 saturated heterocycles. The van der Waals surface area contributed by atoms with Crippen LogP contribution in [0.25, 0.3) is 0 Å². The molecule has 14 heavy (non-hydrogen) atoms. The molecule has 0 amide bonds. The van der Waals surface area contributed by atoms with Crippen molar-refractivity contribution in [3.05, 3.63) is 18.2 Å². The van der Waals surface area contributed by atoms with E-state index in [1.807, 2.05) is 19.4 Å². The van der Waals surface area contributed by atoms with Crippen molar-refractivity contribution < 1.29 is 0 Å². The van der Waals surface area contributed by atoms with E-state index in [0.29, 0.717) is 0 Å². The minimum atomic E-state index is 0.0958. The molecule has 1 saturated carbocycles. The minimum Gasteiger partial charge on any atom is -0.333 e. The summed E-state index contributed by atoms with van der Waals surface area (Å²) in [5.74, 6) is 1.03. The molecule has 0 radical (unpaired) electrons. The van der Waals surface area contributed by atoms with E-state index in [1.54, 1.807) is 0 Å². The maximum absolute atomic E-state index is 5.84. The van der Waals surface area contributed by atoms with E-state index < -0.39 is 0 Å². The number of hydrogen-bond acceptors (Lipinski definition) is 2. The molecular formula is C11H19N3. The van der Waals surface area contributed by atoms with E-state index >= 15 is 0 Å². The Labute approximate surface area is 85.3 Å². The van der Waals surface area contributed by atoms with Gasteiger partial charge in [0.25, 0.3) is 0 Å². The lowest BCUT2D eigenvalue weighted by molar-refractivity contribution is 0.550. The Morgan fingerprint density at radius 2 is 2.43 bits per heavy atom. The predicted octanol–water partition coefficient (Wildman–Crippen LogP) is 2.09. The van der Waals surface area contributed by atoms with Crippen molar-refractivity contribution in [2.24, 2.45) is 11.7 Å². The molecule has 0 spiro atoms. The second-order valence-corrected chi connectivity index (χ2v) is 4.39. The highest BCUT2D eigenvalue weighted by Gasteiger charge is 2.20. The van der Waals surface area contributed by atoms with Crippen molar-refractivity contribution in [3.63, 3.8) is 0 Å². The van der Waals surface area contributed by atoms with Gasteiger partial charge in [-0.3, -0.25) is 0 Å². The molecule has 0 aliphatic heterocycles. The molecule has 1 aromatic heterocycles. The second kappa shape index (κ2) is 4.13. The third-order valence-corrected chi connectivity index (χ3v) is 2.92. The minimum absolute atomic E-state index is 0.0958. The first-order valence-electron chi connectivity index (χ1n) is 5.53.